The summed E-state index contributed by atoms with van der Waals surface area (Å²) in [4.78, 5) is 35.5. The molecule has 0 aromatic heterocycles. The molecule has 0 bridgehead atoms. The molecule has 8 nitrogen and oxygen atoms in total. The number of esters is 3. The Kier molecular flexibility index (Phi) is 15.5. The van der Waals surface area contributed by atoms with Gasteiger partial charge in [-0.25, -0.2) is 9.59 Å². The topological polar surface area (TPSA) is 97.4 Å². The molecule has 3 rings (SSSR count). The molecule has 0 unspecified atom stereocenters. The molecule has 2 aromatic rings. The van der Waals surface area contributed by atoms with Crippen molar-refractivity contribution in [1.29, 1.82) is 0 Å². The van der Waals surface area contributed by atoms with Crippen LogP contribution in [0.4, 0.5) is 0 Å². The zero-order chi connectivity index (χ0) is 32.3. The van der Waals surface area contributed by atoms with E-state index in [1.165, 1.54) is 6.42 Å². The molecular formula is C37H46O8. The highest BCUT2D eigenvalue weighted by Gasteiger charge is 2.20. The average molecular weight is 619 g/mol. The maximum Gasteiger partial charge on any atom is 0.333 e. The fourth-order valence-corrected chi connectivity index (χ4v) is 4.54. The maximum atomic E-state index is 12.1. The molecule has 2 aromatic carbocycles. The molecule has 0 amide bonds. The number of unbranched alkanes of at least 4 members (excludes halogenated alkanes) is 2. The predicted molar refractivity (Wildman–Crippen MR) is 175 cm³/mol. The Bertz CT molecular complexity index is 1270. The van der Waals surface area contributed by atoms with Crippen molar-refractivity contribution in [3.63, 3.8) is 0 Å². The van der Waals surface area contributed by atoms with Crippen molar-refractivity contribution in [2.45, 2.75) is 77.2 Å². The van der Waals surface area contributed by atoms with Crippen molar-refractivity contribution in [2.24, 2.45) is 0 Å². The van der Waals surface area contributed by atoms with Gasteiger partial charge in [-0.3, -0.25) is 4.79 Å². The quantitative estimate of drug-likeness (QED) is 0.0521. The van der Waals surface area contributed by atoms with Gasteiger partial charge >= 0.3 is 17.9 Å². The lowest BCUT2D eigenvalue weighted by atomic mass is 9.98. The number of hydrogen-bond acceptors (Lipinski definition) is 8. The van der Waals surface area contributed by atoms with E-state index in [1.807, 2.05) is 60.7 Å². The monoisotopic (exact) mass is 618 g/mol. The summed E-state index contributed by atoms with van der Waals surface area (Å²) in [6.45, 7) is 10.5. The van der Waals surface area contributed by atoms with Crippen LogP contribution in [-0.2, 0) is 28.6 Å². The van der Waals surface area contributed by atoms with E-state index in [-0.39, 0.29) is 30.7 Å². The zero-order valence-electron chi connectivity index (χ0n) is 26.4. The molecule has 1 fully saturated rings. The molecule has 1 saturated carbocycles. The van der Waals surface area contributed by atoms with Gasteiger partial charge in [-0.05, 0) is 93.7 Å². The lowest BCUT2D eigenvalue weighted by Crippen LogP contribution is -2.22. The number of rotatable bonds is 19. The summed E-state index contributed by atoms with van der Waals surface area (Å²) in [5, 5.41) is 0. The molecule has 0 spiro atoms. The van der Waals surface area contributed by atoms with Gasteiger partial charge in [0.15, 0.2) is 0 Å². The van der Waals surface area contributed by atoms with Gasteiger partial charge in [-0.2, -0.15) is 0 Å². The molecule has 0 atom stereocenters. The van der Waals surface area contributed by atoms with Crippen LogP contribution in [0.2, 0.25) is 0 Å². The molecule has 1 aliphatic rings. The SMILES string of the molecule is C=C(C)C(=O)OCCCCOc1ccc(/C=C/c2ccc(OCCCCOC(=O)C(=C)CC(=O)OC3CCCCC3)cc2)cc1. The van der Waals surface area contributed by atoms with Crippen LogP contribution in [0.25, 0.3) is 12.2 Å². The Morgan fingerprint density at radius 3 is 1.64 bits per heavy atom. The van der Waals surface area contributed by atoms with Crippen LogP contribution in [0.1, 0.15) is 82.3 Å². The number of benzene rings is 2. The molecule has 0 N–H and O–H groups in total. The van der Waals surface area contributed by atoms with E-state index < -0.39 is 11.9 Å². The second-order valence-corrected chi connectivity index (χ2v) is 11.2. The van der Waals surface area contributed by atoms with Crippen LogP contribution in [0, 0.1) is 0 Å². The molecule has 0 heterocycles. The van der Waals surface area contributed by atoms with E-state index in [4.69, 9.17) is 23.7 Å². The van der Waals surface area contributed by atoms with E-state index in [0.717, 1.165) is 67.6 Å². The fourth-order valence-electron chi connectivity index (χ4n) is 4.54. The van der Waals surface area contributed by atoms with Crippen LogP contribution in [0.15, 0.2) is 72.8 Å². The van der Waals surface area contributed by atoms with Crippen LogP contribution in [0.3, 0.4) is 0 Å². The Morgan fingerprint density at radius 1 is 0.689 bits per heavy atom. The Balaban J connectivity index is 1.24. The lowest BCUT2D eigenvalue weighted by Gasteiger charge is -2.21. The number of ether oxygens (including phenoxy) is 5. The molecular weight excluding hydrogens is 572 g/mol. The van der Waals surface area contributed by atoms with Crippen molar-refractivity contribution in [3.05, 3.63) is 84.0 Å². The Hall–Kier alpha value is -4.33. The fraction of sp³-hybridized carbons (Fsp3) is 0.432. The van der Waals surface area contributed by atoms with Crippen LogP contribution >= 0.6 is 0 Å². The summed E-state index contributed by atoms with van der Waals surface area (Å²) in [6.07, 6.45) is 11.9. The smallest absolute Gasteiger partial charge is 0.333 e. The standard InChI is InChI=1S/C37H46O8/c1-28(2)36(39)43-25-9-7-23-41-32-19-15-30(16-20-32)13-14-31-17-21-33(22-18-31)42-24-8-10-26-44-37(40)29(3)27-35(38)45-34-11-5-4-6-12-34/h13-22,34H,1,3-12,23-27H2,2H3/b14-13+. The van der Waals surface area contributed by atoms with E-state index >= 15 is 0 Å². The maximum absolute atomic E-state index is 12.1. The first-order valence-corrected chi connectivity index (χ1v) is 15.8. The predicted octanol–water partition coefficient (Wildman–Crippen LogP) is 7.66. The third kappa shape index (κ3) is 14.3. The molecule has 8 heteroatoms. The van der Waals surface area contributed by atoms with Gasteiger partial charge in [-0.15, -0.1) is 0 Å². The van der Waals surface area contributed by atoms with Crippen LogP contribution in [-0.4, -0.2) is 50.4 Å². The highest BCUT2D eigenvalue weighted by molar-refractivity contribution is 5.93. The van der Waals surface area contributed by atoms with Gasteiger partial charge in [0.1, 0.15) is 17.6 Å². The molecule has 242 valence electrons. The average Bonchev–Trinajstić information content (AvgIpc) is 3.04. The van der Waals surface area contributed by atoms with Gasteiger partial charge in [-0.1, -0.05) is 56.0 Å². The highest BCUT2D eigenvalue weighted by Crippen LogP contribution is 2.21. The molecule has 0 radical (unpaired) electrons. The molecule has 45 heavy (non-hydrogen) atoms. The lowest BCUT2D eigenvalue weighted by molar-refractivity contribution is -0.151. The first-order chi connectivity index (χ1) is 21.8. The van der Waals surface area contributed by atoms with Crippen LogP contribution < -0.4 is 9.47 Å². The van der Waals surface area contributed by atoms with Crippen LogP contribution in [0.5, 0.6) is 11.5 Å². The van der Waals surface area contributed by atoms with Crippen molar-refractivity contribution in [2.75, 3.05) is 26.4 Å². The summed E-state index contributed by atoms with van der Waals surface area (Å²) in [5.41, 5.74) is 2.63. The second kappa shape index (κ2) is 19.8. The minimum Gasteiger partial charge on any atom is -0.494 e. The second-order valence-electron chi connectivity index (χ2n) is 11.2. The number of hydrogen-bond donors (Lipinski definition) is 0. The summed E-state index contributed by atoms with van der Waals surface area (Å²) in [5.74, 6) is 0.233. The normalized spacial score (nSPS) is 13.2. The van der Waals surface area contributed by atoms with Crippen molar-refractivity contribution < 1.29 is 38.1 Å². The molecule has 1 aliphatic carbocycles. The minimum atomic E-state index is -0.558. The minimum absolute atomic E-state index is 0.0380. The van der Waals surface area contributed by atoms with Crippen molar-refractivity contribution in [1.82, 2.24) is 0 Å². The first kappa shape index (κ1) is 35.2. The summed E-state index contributed by atoms with van der Waals surface area (Å²) < 4.78 is 27.3. The Labute approximate surface area is 267 Å². The van der Waals surface area contributed by atoms with Gasteiger partial charge in [0.2, 0.25) is 0 Å². The van der Waals surface area contributed by atoms with Crippen molar-refractivity contribution in [3.8, 4) is 11.5 Å². The molecule has 0 aliphatic heterocycles. The summed E-state index contributed by atoms with van der Waals surface area (Å²) >= 11 is 0. The van der Waals surface area contributed by atoms with E-state index in [0.29, 0.717) is 31.8 Å². The summed E-state index contributed by atoms with van der Waals surface area (Å²) in [6, 6.07) is 15.7. The summed E-state index contributed by atoms with van der Waals surface area (Å²) in [7, 11) is 0. The number of carbonyl (C=O) groups is 3. The van der Waals surface area contributed by atoms with Gasteiger partial charge in [0.05, 0.1) is 32.8 Å². The van der Waals surface area contributed by atoms with E-state index in [2.05, 4.69) is 13.2 Å². The van der Waals surface area contributed by atoms with E-state index in [9.17, 15) is 14.4 Å². The van der Waals surface area contributed by atoms with E-state index in [1.54, 1.807) is 6.92 Å². The van der Waals surface area contributed by atoms with Gasteiger partial charge in [0.25, 0.3) is 0 Å². The molecule has 0 saturated heterocycles. The van der Waals surface area contributed by atoms with Gasteiger partial charge in [0, 0.05) is 11.1 Å². The first-order valence-electron chi connectivity index (χ1n) is 15.8. The highest BCUT2D eigenvalue weighted by atomic mass is 16.5. The third-order valence-electron chi connectivity index (χ3n) is 7.15. The van der Waals surface area contributed by atoms with Crippen molar-refractivity contribution >= 4 is 30.1 Å². The Morgan fingerprint density at radius 2 is 1.16 bits per heavy atom. The third-order valence-corrected chi connectivity index (χ3v) is 7.15. The number of carbonyl (C=O) groups excluding carboxylic acids is 3. The van der Waals surface area contributed by atoms with Gasteiger partial charge < -0.3 is 23.7 Å². The largest absolute Gasteiger partial charge is 0.494 e. The zero-order valence-corrected chi connectivity index (χ0v) is 26.4.